The van der Waals surface area contributed by atoms with Crippen LogP contribution < -0.4 is 10.6 Å². The molecule has 2 N–H and O–H groups in total. The van der Waals surface area contributed by atoms with Crippen LogP contribution >= 0.6 is 0 Å². The Hall–Kier alpha value is -0.0800. The van der Waals surface area contributed by atoms with E-state index in [1.807, 2.05) is 0 Å². The summed E-state index contributed by atoms with van der Waals surface area (Å²) >= 11 is 0. The van der Waals surface area contributed by atoms with E-state index in [2.05, 4.69) is 10.6 Å². The minimum atomic E-state index is 0.158. The standard InChI is InChI=1S/C6H12N2/c1-2-6(1)5-7-3-4-8-6/h7-8H,1-5H2/i1D. The Morgan fingerprint density at radius 1 is 1.50 bits per heavy atom. The van der Waals surface area contributed by atoms with Crippen LogP contribution in [0.3, 0.4) is 0 Å². The minimum Gasteiger partial charge on any atom is -0.314 e. The monoisotopic (exact) mass is 113 g/mol. The lowest BCUT2D eigenvalue weighted by molar-refractivity contribution is 0.403. The lowest BCUT2D eigenvalue weighted by Gasteiger charge is -2.23. The van der Waals surface area contributed by atoms with Crippen LogP contribution in [0.15, 0.2) is 0 Å². The summed E-state index contributed by atoms with van der Waals surface area (Å²) in [6, 6.07) is 0. The molecule has 2 atom stereocenters. The number of rotatable bonds is 0. The van der Waals surface area contributed by atoms with Crippen molar-refractivity contribution in [2.45, 2.75) is 18.4 Å². The number of nitrogens with one attached hydrogen (secondary N) is 2. The predicted octanol–water partition coefficient (Wildman–Crippen LogP) is -0.288. The second-order valence-electron chi connectivity index (χ2n) is 2.67. The largest absolute Gasteiger partial charge is 0.314 e. The third-order valence-electron chi connectivity index (χ3n) is 1.92. The van der Waals surface area contributed by atoms with E-state index in [1.54, 1.807) is 0 Å². The first-order valence-corrected chi connectivity index (χ1v) is 3.21. The molecule has 1 saturated heterocycles. The van der Waals surface area contributed by atoms with E-state index in [1.165, 1.54) is 0 Å². The Labute approximate surface area is 51.1 Å². The molecule has 2 rings (SSSR count). The molecule has 2 nitrogen and oxygen atoms in total. The van der Waals surface area contributed by atoms with Crippen LogP contribution in [0.5, 0.6) is 0 Å². The molecule has 1 aliphatic carbocycles. The van der Waals surface area contributed by atoms with Crippen LogP contribution in [0.25, 0.3) is 0 Å². The molecule has 8 heavy (non-hydrogen) atoms. The van der Waals surface area contributed by atoms with Gasteiger partial charge in [-0.15, -0.1) is 0 Å². The lowest BCUT2D eigenvalue weighted by atomic mass is 10.2. The number of hydrogen-bond donors (Lipinski definition) is 2. The molecule has 0 radical (unpaired) electrons. The first kappa shape index (κ1) is 3.85. The summed E-state index contributed by atoms with van der Waals surface area (Å²) in [4.78, 5) is 0. The van der Waals surface area contributed by atoms with Gasteiger partial charge in [0.05, 0.1) is 0 Å². The van der Waals surface area contributed by atoms with Crippen molar-refractivity contribution in [1.82, 2.24) is 10.6 Å². The molecule has 1 aliphatic heterocycles. The first-order valence-electron chi connectivity index (χ1n) is 3.79. The van der Waals surface area contributed by atoms with Gasteiger partial charge in [0.25, 0.3) is 0 Å². The Morgan fingerprint density at radius 3 is 2.75 bits per heavy atom. The molecule has 2 aliphatic rings. The van der Waals surface area contributed by atoms with E-state index in [9.17, 15) is 0 Å². The molecule has 0 amide bonds. The van der Waals surface area contributed by atoms with Gasteiger partial charge in [0.15, 0.2) is 0 Å². The van der Waals surface area contributed by atoms with E-state index in [4.69, 9.17) is 1.37 Å². The number of piperazine rings is 1. The zero-order chi connectivity index (χ0) is 6.32. The zero-order valence-corrected chi connectivity index (χ0v) is 4.91. The van der Waals surface area contributed by atoms with Crippen molar-refractivity contribution in [3.05, 3.63) is 0 Å². The number of hydrogen-bond acceptors (Lipinski definition) is 2. The highest BCUT2D eigenvalue weighted by molar-refractivity contribution is 5.05. The molecule has 0 bridgehead atoms. The highest BCUT2D eigenvalue weighted by atomic mass is 15.1. The van der Waals surface area contributed by atoms with Gasteiger partial charge in [-0.3, -0.25) is 0 Å². The quantitative estimate of drug-likeness (QED) is 0.451. The van der Waals surface area contributed by atoms with Crippen molar-refractivity contribution in [1.29, 1.82) is 0 Å². The van der Waals surface area contributed by atoms with Crippen molar-refractivity contribution in [2.24, 2.45) is 0 Å². The summed E-state index contributed by atoms with van der Waals surface area (Å²) in [6.07, 6.45) is 1.20. The van der Waals surface area contributed by atoms with Gasteiger partial charge in [0.2, 0.25) is 0 Å². The molecular weight excluding hydrogens is 100 g/mol. The van der Waals surface area contributed by atoms with Crippen molar-refractivity contribution in [3.63, 3.8) is 0 Å². The van der Waals surface area contributed by atoms with Crippen LogP contribution in [0.1, 0.15) is 14.2 Å². The maximum Gasteiger partial charge on any atom is 0.0308 e. The summed E-state index contributed by atoms with van der Waals surface area (Å²) < 4.78 is 7.43. The van der Waals surface area contributed by atoms with Gasteiger partial charge in [0, 0.05) is 26.5 Å². The fourth-order valence-electron chi connectivity index (χ4n) is 1.19. The lowest BCUT2D eigenvalue weighted by Crippen LogP contribution is -2.50. The van der Waals surface area contributed by atoms with E-state index < -0.39 is 0 Å². The molecule has 0 aromatic rings. The maximum absolute atomic E-state index is 7.43. The second-order valence-corrected chi connectivity index (χ2v) is 2.67. The highest BCUT2D eigenvalue weighted by Crippen LogP contribution is 2.34. The van der Waals surface area contributed by atoms with E-state index >= 15 is 0 Å². The van der Waals surface area contributed by atoms with Gasteiger partial charge in [-0.2, -0.15) is 0 Å². The second kappa shape index (κ2) is 1.45. The summed E-state index contributed by atoms with van der Waals surface area (Å²) in [7, 11) is 0. The highest BCUT2D eigenvalue weighted by Gasteiger charge is 2.42. The van der Waals surface area contributed by atoms with E-state index in [0.717, 1.165) is 26.1 Å². The molecule has 2 fully saturated rings. The van der Waals surface area contributed by atoms with Gasteiger partial charge < -0.3 is 10.6 Å². The van der Waals surface area contributed by atoms with E-state index in [0.29, 0.717) is 0 Å². The Bertz CT molecular complexity index is 120. The molecule has 1 spiro atoms. The SMILES string of the molecule is [2H]C1CC12CNCCN2. The summed E-state index contributed by atoms with van der Waals surface area (Å²) in [5.74, 6) is 0. The third-order valence-corrected chi connectivity index (χ3v) is 1.92. The molecule has 0 aromatic heterocycles. The van der Waals surface area contributed by atoms with Gasteiger partial charge in [-0.1, -0.05) is 0 Å². The van der Waals surface area contributed by atoms with Crippen molar-refractivity contribution < 1.29 is 1.37 Å². The molecule has 2 heteroatoms. The van der Waals surface area contributed by atoms with Crippen molar-refractivity contribution in [2.75, 3.05) is 19.6 Å². The molecular formula is C6H12N2. The average Bonchev–Trinajstić information content (AvgIpc) is 2.44. The van der Waals surface area contributed by atoms with Gasteiger partial charge in [-0.25, -0.2) is 0 Å². The Morgan fingerprint density at radius 2 is 2.38 bits per heavy atom. The predicted molar refractivity (Wildman–Crippen MR) is 32.8 cm³/mol. The van der Waals surface area contributed by atoms with Gasteiger partial charge >= 0.3 is 0 Å². The normalized spacial score (nSPS) is 56.0. The van der Waals surface area contributed by atoms with E-state index in [-0.39, 0.29) is 11.9 Å². The Balaban J connectivity index is 1.97. The van der Waals surface area contributed by atoms with Gasteiger partial charge in [0.1, 0.15) is 0 Å². The Kier molecular flexibility index (Phi) is 0.700. The van der Waals surface area contributed by atoms with Crippen LogP contribution in [-0.2, 0) is 0 Å². The molecule has 1 heterocycles. The van der Waals surface area contributed by atoms with Crippen molar-refractivity contribution in [3.8, 4) is 0 Å². The van der Waals surface area contributed by atoms with Crippen molar-refractivity contribution >= 4 is 0 Å². The van der Waals surface area contributed by atoms with Gasteiger partial charge in [-0.05, 0) is 12.8 Å². The van der Waals surface area contributed by atoms with Crippen LogP contribution in [0, 0.1) is 0 Å². The molecule has 46 valence electrons. The summed E-state index contributed by atoms with van der Waals surface area (Å²) in [5.41, 5.74) is 0.193. The molecule has 0 aromatic carbocycles. The third kappa shape index (κ3) is 0.644. The fourth-order valence-corrected chi connectivity index (χ4v) is 1.19. The smallest absolute Gasteiger partial charge is 0.0308 e. The average molecular weight is 113 g/mol. The molecule has 2 unspecified atom stereocenters. The topological polar surface area (TPSA) is 24.1 Å². The minimum absolute atomic E-state index is 0.158. The van der Waals surface area contributed by atoms with Crippen LogP contribution in [-0.4, -0.2) is 25.2 Å². The summed E-state index contributed by atoms with van der Waals surface area (Å²) in [6.45, 7) is 3.10. The molecule has 1 saturated carbocycles. The van der Waals surface area contributed by atoms with Crippen LogP contribution in [0.4, 0.5) is 0 Å². The maximum atomic E-state index is 7.43. The zero-order valence-electron chi connectivity index (χ0n) is 5.91. The van der Waals surface area contributed by atoms with Crippen LogP contribution in [0.2, 0.25) is 0 Å². The fraction of sp³-hybridized carbons (Fsp3) is 1.00. The summed E-state index contributed by atoms with van der Waals surface area (Å²) in [5, 5.41) is 6.65. The first-order chi connectivity index (χ1) is 4.33.